The van der Waals surface area contributed by atoms with E-state index in [0.29, 0.717) is 5.69 Å². The van der Waals surface area contributed by atoms with Crippen LogP contribution in [0.15, 0.2) is 12.3 Å². The van der Waals surface area contributed by atoms with Crippen molar-refractivity contribution < 1.29 is 14.7 Å². The molecule has 1 aliphatic rings. The minimum absolute atomic E-state index is 0.0167. The first-order chi connectivity index (χ1) is 6.15. The molecule has 1 aliphatic carbocycles. The number of rotatable bonds is 2. The van der Waals surface area contributed by atoms with Crippen molar-refractivity contribution in [1.82, 2.24) is 10.2 Å². The molecule has 0 spiro atoms. The Labute approximate surface area is 73.8 Å². The second kappa shape index (κ2) is 2.42. The maximum absolute atomic E-state index is 10.9. The van der Waals surface area contributed by atoms with E-state index in [1.165, 1.54) is 6.20 Å². The van der Waals surface area contributed by atoms with Crippen LogP contribution in [0.3, 0.4) is 0 Å². The van der Waals surface area contributed by atoms with Gasteiger partial charge < -0.3 is 5.11 Å². The molecule has 68 valence electrons. The second-order valence-corrected chi connectivity index (χ2v) is 3.25. The third-order valence-electron chi connectivity index (χ3n) is 2.42. The Hall–Kier alpha value is -1.65. The number of hydrogen-bond acceptors (Lipinski definition) is 3. The zero-order valence-corrected chi connectivity index (χ0v) is 6.78. The van der Waals surface area contributed by atoms with Crippen LogP contribution in [0.2, 0.25) is 0 Å². The van der Waals surface area contributed by atoms with Gasteiger partial charge in [-0.25, -0.2) is 0 Å². The fourth-order valence-electron chi connectivity index (χ4n) is 1.60. The average Bonchev–Trinajstić information content (AvgIpc) is 2.49. The van der Waals surface area contributed by atoms with E-state index in [0.717, 1.165) is 0 Å². The van der Waals surface area contributed by atoms with Crippen LogP contribution in [0.4, 0.5) is 0 Å². The fraction of sp³-hybridized carbons (Fsp3) is 0.375. The van der Waals surface area contributed by atoms with Gasteiger partial charge in [-0.05, 0) is 6.07 Å². The minimum Gasteiger partial charge on any atom is -0.481 e. The molecule has 5 nitrogen and oxygen atoms in total. The molecular weight excluding hydrogens is 172 g/mol. The molecule has 1 saturated carbocycles. The van der Waals surface area contributed by atoms with E-state index in [4.69, 9.17) is 5.11 Å². The highest BCUT2D eigenvalue weighted by molar-refractivity contribution is 6.01. The summed E-state index contributed by atoms with van der Waals surface area (Å²) in [4.78, 5) is 21.8. The van der Waals surface area contributed by atoms with E-state index in [1.54, 1.807) is 6.07 Å². The molecule has 13 heavy (non-hydrogen) atoms. The molecule has 0 aromatic carbocycles. The summed E-state index contributed by atoms with van der Waals surface area (Å²) in [6.45, 7) is 0. The number of ketones is 1. The number of hydrogen-bond donors (Lipinski definition) is 2. The Morgan fingerprint density at radius 2 is 2.31 bits per heavy atom. The number of aliphatic carboxylic acids is 1. The number of carboxylic acid groups (broad SMARTS) is 1. The van der Waals surface area contributed by atoms with Gasteiger partial charge in [-0.15, -0.1) is 0 Å². The average molecular weight is 180 g/mol. The largest absolute Gasteiger partial charge is 0.481 e. The number of carbonyl (C=O) groups is 2. The molecule has 1 aromatic heterocycles. The zero-order valence-electron chi connectivity index (χ0n) is 6.78. The highest BCUT2D eigenvalue weighted by Gasteiger charge is 2.52. The van der Waals surface area contributed by atoms with E-state index < -0.39 is 11.4 Å². The monoisotopic (exact) mass is 180 g/mol. The maximum atomic E-state index is 10.9. The number of Topliss-reactive ketones (excluding diaryl/α,β-unsaturated/α-hetero) is 1. The van der Waals surface area contributed by atoms with E-state index >= 15 is 0 Å². The molecule has 0 unspecified atom stereocenters. The molecule has 0 aliphatic heterocycles. The molecule has 0 radical (unpaired) electrons. The lowest BCUT2D eigenvalue weighted by Crippen LogP contribution is -2.48. The van der Waals surface area contributed by atoms with E-state index in [1.807, 2.05) is 0 Å². The van der Waals surface area contributed by atoms with Crippen LogP contribution in [0.25, 0.3) is 0 Å². The van der Waals surface area contributed by atoms with Gasteiger partial charge in [0, 0.05) is 19.0 Å². The van der Waals surface area contributed by atoms with Crippen molar-refractivity contribution in [3.8, 4) is 0 Å². The molecule has 5 heteroatoms. The van der Waals surface area contributed by atoms with Crippen LogP contribution >= 0.6 is 0 Å². The van der Waals surface area contributed by atoms with Gasteiger partial charge in [0.05, 0.1) is 5.69 Å². The third-order valence-corrected chi connectivity index (χ3v) is 2.42. The lowest BCUT2D eigenvalue weighted by Gasteiger charge is -2.34. The SMILES string of the molecule is O=C1CC(C(=O)O)(c2ccn[nH]2)C1. The van der Waals surface area contributed by atoms with Crippen LogP contribution < -0.4 is 0 Å². The van der Waals surface area contributed by atoms with Crippen LogP contribution in [-0.2, 0) is 15.0 Å². The molecule has 0 bridgehead atoms. The van der Waals surface area contributed by atoms with Crippen LogP contribution in [-0.4, -0.2) is 27.1 Å². The maximum Gasteiger partial charge on any atom is 0.316 e. The van der Waals surface area contributed by atoms with Gasteiger partial charge >= 0.3 is 5.97 Å². The van der Waals surface area contributed by atoms with Crippen molar-refractivity contribution in [2.45, 2.75) is 18.3 Å². The summed E-state index contributed by atoms with van der Waals surface area (Å²) < 4.78 is 0. The van der Waals surface area contributed by atoms with Crippen LogP contribution in [0.5, 0.6) is 0 Å². The van der Waals surface area contributed by atoms with Gasteiger partial charge in [0.1, 0.15) is 11.2 Å². The van der Waals surface area contributed by atoms with Crippen molar-refractivity contribution in [2.75, 3.05) is 0 Å². The Balaban J connectivity index is 2.37. The topological polar surface area (TPSA) is 83.1 Å². The first-order valence-corrected chi connectivity index (χ1v) is 3.90. The predicted molar refractivity (Wildman–Crippen MR) is 42.1 cm³/mol. The molecule has 1 heterocycles. The Kier molecular flexibility index (Phi) is 1.48. The summed E-state index contributed by atoms with van der Waals surface area (Å²) in [7, 11) is 0. The second-order valence-electron chi connectivity index (χ2n) is 3.25. The summed E-state index contributed by atoms with van der Waals surface area (Å²) in [5.41, 5.74) is -0.521. The van der Waals surface area contributed by atoms with Crippen molar-refractivity contribution in [1.29, 1.82) is 0 Å². The fourth-order valence-corrected chi connectivity index (χ4v) is 1.60. The van der Waals surface area contributed by atoms with Gasteiger partial charge in [-0.1, -0.05) is 0 Å². The summed E-state index contributed by atoms with van der Waals surface area (Å²) in [6.07, 6.45) is 1.64. The quantitative estimate of drug-likeness (QED) is 0.675. The zero-order chi connectivity index (χ0) is 9.47. The number of carboxylic acids is 1. The van der Waals surface area contributed by atoms with Gasteiger partial charge in [-0.3, -0.25) is 14.7 Å². The summed E-state index contributed by atoms with van der Waals surface area (Å²) in [5.74, 6) is -0.978. The standard InChI is InChI=1S/C8H8N2O3/c11-5-3-8(4-5,7(12)13)6-1-2-9-10-6/h1-2H,3-4H2,(H,9,10)(H,12,13). The highest BCUT2D eigenvalue weighted by Crippen LogP contribution is 2.40. The number of nitrogens with one attached hydrogen (secondary N) is 1. The molecular formula is C8H8N2O3. The van der Waals surface area contributed by atoms with Crippen molar-refractivity contribution in [3.05, 3.63) is 18.0 Å². The van der Waals surface area contributed by atoms with Crippen molar-refractivity contribution in [2.24, 2.45) is 0 Å². The molecule has 2 N–H and O–H groups in total. The van der Waals surface area contributed by atoms with Gasteiger partial charge in [0.2, 0.25) is 0 Å². The summed E-state index contributed by atoms with van der Waals surface area (Å²) in [5, 5.41) is 15.3. The van der Waals surface area contributed by atoms with Gasteiger partial charge in [0.15, 0.2) is 0 Å². The highest BCUT2D eigenvalue weighted by atomic mass is 16.4. The Bertz CT molecular complexity index is 347. The molecule has 2 rings (SSSR count). The summed E-state index contributed by atoms with van der Waals surface area (Å²) >= 11 is 0. The number of aromatic amines is 1. The van der Waals surface area contributed by atoms with E-state index in [2.05, 4.69) is 10.2 Å². The van der Waals surface area contributed by atoms with E-state index in [9.17, 15) is 9.59 Å². The predicted octanol–water partition coefficient (Wildman–Crippen LogP) is 0.0950. The molecule has 1 aromatic rings. The molecule has 1 fully saturated rings. The number of carbonyl (C=O) groups excluding carboxylic acids is 1. The number of aromatic nitrogens is 2. The Morgan fingerprint density at radius 3 is 2.69 bits per heavy atom. The third kappa shape index (κ3) is 0.965. The first-order valence-electron chi connectivity index (χ1n) is 3.90. The smallest absolute Gasteiger partial charge is 0.316 e. The lowest BCUT2D eigenvalue weighted by atomic mass is 9.66. The minimum atomic E-state index is -1.03. The molecule has 0 saturated heterocycles. The van der Waals surface area contributed by atoms with Gasteiger partial charge in [0.25, 0.3) is 0 Å². The molecule has 0 atom stereocenters. The number of H-pyrrole nitrogens is 1. The first kappa shape index (κ1) is 7.97. The van der Waals surface area contributed by atoms with Gasteiger partial charge in [-0.2, -0.15) is 5.10 Å². The van der Waals surface area contributed by atoms with Crippen molar-refractivity contribution >= 4 is 11.8 Å². The van der Waals surface area contributed by atoms with Crippen LogP contribution in [0, 0.1) is 0 Å². The Morgan fingerprint density at radius 1 is 1.62 bits per heavy atom. The lowest BCUT2D eigenvalue weighted by molar-refractivity contribution is -0.153. The molecule has 0 amide bonds. The number of nitrogens with zero attached hydrogens (tertiary/aromatic N) is 1. The van der Waals surface area contributed by atoms with Crippen molar-refractivity contribution in [3.63, 3.8) is 0 Å². The summed E-state index contributed by atoms with van der Waals surface area (Å²) in [6, 6.07) is 1.60. The van der Waals surface area contributed by atoms with Crippen LogP contribution in [0.1, 0.15) is 18.5 Å². The normalized spacial score (nSPS) is 19.5. The van der Waals surface area contributed by atoms with E-state index in [-0.39, 0.29) is 18.6 Å².